The molecule has 0 N–H and O–H groups in total. The van der Waals surface area contributed by atoms with Gasteiger partial charge in [-0.3, -0.25) is 19.2 Å². The number of hydrogen-bond donors (Lipinski definition) is 0. The molecule has 0 aliphatic carbocycles. The van der Waals surface area contributed by atoms with E-state index >= 15 is 0 Å². The van der Waals surface area contributed by atoms with Crippen molar-refractivity contribution in [1.82, 2.24) is 0 Å². The Morgan fingerprint density at radius 2 is 1.45 bits per heavy atom. The van der Waals surface area contributed by atoms with Crippen molar-refractivity contribution in [3.63, 3.8) is 0 Å². The number of rotatable bonds is 9. The van der Waals surface area contributed by atoms with Crippen molar-refractivity contribution in [2.45, 2.75) is 40.0 Å². The van der Waals surface area contributed by atoms with Gasteiger partial charge in [-0.05, 0) is 20.3 Å². The maximum absolute atomic E-state index is 11.6. The fraction of sp³-hybridized carbons (Fsp3) is 0.500. The molecule has 0 aliphatic rings. The van der Waals surface area contributed by atoms with Gasteiger partial charge in [0, 0.05) is 0 Å². The van der Waals surface area contributed by atoms with Crippen LogP contribution in [-0.2, 0) is 38.2 Å². The lowest BCUT2D eigenvalue weighted by molar-refractivity contribution is -0.153. The second-order valence-electron chi connectivity index (χ2n) is 4.34. The summed E-state index contributed by atoms with van der Waals surface area (Å²) in [6, 6.07) is 0. The number of carbonyl (C=O) groups is 5. The predicted octanol–water partition coefficient (Wildman–Crippen LogP) is 0.826. The number of ketones is 2. The topological polar surface area (TPSA) is 113 Å². The highest BCUT2D eigenvalue weighted by Gasteiger charge is 2.19. The Labute approximate surface area is 127 Å². The van der Waals surface area contributed by atoms with Gasteiger partial charge in [0.15, 0.2) is 0 Å². The van der Waals surface area contributed by atoms with Crippen LogP contribution in [0.5, 0.6) is 0 Å². The van der Waals surface area contributed by atoms with Crippen molar-refractivity contribution < 1.29 is 38.2 Å². The Bertz CT molecular complexity index is 489. The van der Waals surface area contributed by atoms with Crippen molar-refractivity contribution in [3.05, 3.63) is 12.0 Å². The van der Waals surface area contributed by atoms with Crippen LogP contribution in [-0.4, -0.2) is 36.1 Å². The molecular formula is C14H18O8. The molecule has 0 bridgehead atoms. The first-order valence-electron chi connectivity index (χ1n) is 6.52. The van der Waals surface area contributed by atoms with Crippen molar-refractivity contribution in [2.75, 3.05) is 6.61 Å². The van der Waals surface area contributed by atoms with E-state index in [9.17, 15) is 24.0 Å². The van der Waals surface area contributed by atoms with Crippen LogP contribution in [0.25, 0.3) is 0 Å². The SMILES string of the molecule is CCCOC(=O)C(=COC(=O)CC(C)=O)OC(=O)CC(C)=O. The summed E-state index contributed by atoms with van der Waals surface area (Å²) >= 11 is 0. The van der Waals surface area contributed by atoms with Crippen molar-refractivity contribution in [2.24, 2.45) is 0 Å². The highest BCUT2D eigenvalue weighted by atomic mass is 16.6. The van der Waals surface area contributed by atoms with Crippen molar-refractivity contribution in [3.8, 4) is 0 Å². The fourth-order valence-electron chi connectivity index (χ4n) is 1.11. The van der Waals surface area contributed by atoms with E-state index in [0.29, 0.717) is 12.7 Å². The standard InChI is InChI=1S/C14H18O8/c1-4-5-20-14(19)11(22-13(18)7-10(3)16)8-21-12(17)6-9(2)15/h8H,4-7H2,1-3H3. The lowest BCUT2D eigenvalue weighted by atomic mass is 10.3. The van der Waals surface area contributed by atoms with Gasteiger partial charge in [0.2, 0.25) is 0 Å². The number of esters is 3. The second-order valence-corrected chi connectivity index (χ2v) is 4.34. The Hall–Kier alpha value is -2.51. The fourth-order valence-corrected chi connectivity index (χ4v) is 1.11. The van der Waals surface area contributed by atoms with Crippen LogP contribution in [0.1, 0.15) is 40.0 Å². The molecule has 0 spiro atoms. The minimum atomic E-state index is -1.02. The highest BCUT2D eigenvalue weighted by Crippen LogP contribution is 2.06. The first-order valence-corrected chi connectivity index (χ1v) is 6.52. The van der Waals surface area contributed by atoms with Gasteiger partial charge < -0.3 is 14.2 Å². The molecule has 122 valence electrons. The smallest absolute Gasteiger partial charge is 0.377 e. The molecule has 0 aromatic heterocycles. The van der Waals surface area contributed by atoms with Crippen LogP contribution < -0.4 is 0 Å². The number of ether oxygens (including phenoxy) is 3. The number of Topliss-reactive ketones (excluding diaryl/α,β-unsaturated/α-hetero) is 2. The highest BCUT2D eigenvalue weighted by molar-refractivity contribution is 5.97. The molecule has 0 saturated heterocycles. The third-order valence-electron chi connectivity index (χ3n) is 1.95. The summed E-state index contributed by atoms with van der Waals surface area (Å²) in [5.74, 6) is -4.49. The summed E-state index contributed by atoms with van der Waals surface area (Å²) in [4.78, 5) is 55.8. The summed E-state index contributed by atoms with van der Waals surface area (Å²) < 4.78 is 13.9. The second kappa shape index (κ2) is 10.3. The first kappa shape index (κ1) is 19.5. The van der Waals surface area contributed by atoms with E-state index in [1.165, 1.54) is 13.8 Å². The lowest BCUT2D eigenvalue weighted by Gasteiger charge is -2.08. The van der Waals surface area contributed by atoms with Gasteiger partial charge in [0.05, 0.1) is 6.61 Å². The molecule has 0 amide bonds. The summed E-state index contributed by atoms with van der Waals surface area (Å²) in [5.41, 5.74) is 0. The van der Waals surface area contributed by atoms with Crippen LogP contribution in [0, 0.1) is 0 Å². The van der Waals surface area contributed by atoms with Crippen LogP contribution in [0.2, 0.25) is 0 Å². The van der Waals surface area contributed by atoms with E-state index in [4.69, 9.17) is 4.74 Å². The van der Waals surface area contributed by atoms with E-state index in [1.54, 1.807) is 6.92 Å². The van der Waals surface area contributed by atoms with E-state index in [0.717, 1.165) is 0 Å². The quantitative estimate of drug-likeness (QED) is 0.202. The van der Waals surface area contributed by atoms with Crippen LogP contribution >= 0.6 is 0 Å². The average molecular weight is 314 g/mol. The molecule has 22 heavy (non-hydrogen) atoms. The lowest BCUT2D eigenvalue weighted by Crippen LogP contribution is -2.17. The van der Waals surface area contributed by atoms with E-state index in [1.807, 2.05) is 0 Å². The van der Waals surface area contributed by atoms with E-state index in [2.05, 4.69) is 9.47 Å². The first-order chi connectivity index (χ1) is 10.3. The Morgan fingerprint density at radius 3 is 1.95 bits per heavy atom. The normalized spacial score (nSPS) is 10.6. The van der Waals surface area contributed by atoms with Crippen molar-refractivity contribution in [1.29, 1.82) is 0 Å². The monoisotopic (exact) mass is 314 g/mol. The maximum Gasteiger partial charge on any atom is 0.377 e. The summed E-state index contributed by atoms with van der Waals surface area (Å²) in [5, 5.41) is 0. The minimum absolute atomic E-state index is 0.0713. The summed E-state index contributed by atoms with van der Waals surface area (Å²) in [6.07, 6.45) is 0.0841. The van der Waals surface area contributed by atoms with E-state index < -0.39 is 48.1 Å². The molecule has 0 rings (SSSR count). The van der Waals surface area contributed by atoms with Gasteiger partial charge >= 0.3 is 17.9 Å². The molecule has 8 heteroatoms. The average Bonchev–Trinajstić information content (AvgIpc) is 2.38. The maximum atomic E-state index is 11.6. The Kier molecular flexibility index (Phi) is 9.08. The van der Waals surface area contributed by atoms with Crippen LogP contribution in [0.3, 0.4) is 0 Å². The zero-order chi connectivity index (χ0) is 17.1. The third-order valence-corrected chi connectivity index (χ3v) is 1.95. The molecule has 0 aromatic carbocycles. The summed E-state index contributed by atoms with van der Waals surface area (Å²) in [6.45, 7) is 4.19. The minimum Gasteiger partial charge on any atom is -0.460 e. The molecule has 0 atom stereocenters. The molecule has 0 saturated carbocycles. The zero-order valence-electron chi connectivity index (χ0n) is 12.7. The van der Waals surface area contributed by atoms with Crippen molar-refractivity contribution >= 4 is 29.5 Å². The van der Waals surface area contributed by atoms with Crippen LogP contribution in [0.15, 0.2) is 12.0 Å². The largest absolute Gasteiger partial charge is 0.460 e. The van der Waals surface area contributed by atoms with E-state index in [-0.39, 0.29) is 6.61 Å². The molecule has 0 unspecified atom stereocenters. The molecule has 0 heterocycles. The van der Waals surface area contributed by atoms with Gasteiger partial charge in [-0.15, -0.1) is 0 Å². The Balaban J connectivity index is 4.87. The summed E-state index contributed by atoms with van der Waals surface area (Å²) in [7, 11) is 0. The molecule has 0 aromatic rings. The molecule has 0 radical (unpaired) electrons. The molecular weight excluding hydrogens is 296 g/mol. The number of carbonyl (C=O) groups excluding carboxylic acids is 5. The van der Waals surface area contributed by atoms with Gasteiger partial charge in [-0.25, -0.2) is 4.79 Å². The zero-order valence-corrected chi connectivity index (χ0v) is 12.7. The van der Waals surface area contributed by atoms with Gasteiger partial charge in [-0.2, -0.15) is 0 Å². The van der Waals surface area contributed by atoms with Gasteiger partial charge in [0.1, 0.15) is 30.7 Å². The number of hydrogen-bond acceptors (Lipinski definition) is 8. The van der Waals surface area contributed by atoms with Gasteiger partial charge in [-0.1, -0.05) is 6.92 Å². The Morgan fingerprint density at radius 1 is 0.909 bits per heavy atom. The molecule has 0 aliphatic heterocycles. The third kappa shape index (κ3) is 9.40. The molecule has 0 fully saturated rings. The molecule has 8 nitrogen and oxygen atoms in total. The van der Waals surface area contributed by atoms with Gasteiger partial charge in [0.25, 0.3) is 5.76 Å². The van der Waals surface area contributed by atoms with Crippen LogP contribution in [0.4, 0.5) is 0 Å². The predicted molar refractivity (Wildman–Crippen MR) is 72.1 cm³/mol.